The summed E-state index contributed by atoms with van der Waals surface area (Å²) in [4.78, 5) is 29.0. The minimum Gasteiger partial charge on any atom is -0.354 e. The molecule has 0 atom stereocenters. The van der Waals surface area contributed by atoms with E-state index in [0.717, 1.165) is 47.4 Å². The highest BCUT2D eigenvalue weighted by Gasteiger charge is 2.32. The van der Waals surface area contributed by atoms with Crippen molar-refractivity contribution in [3.05, 3.63) is 60.4 Å². The molecule has 0 unspecified atom stereocenters. The fraction of sp³-hybridized carbons (Fsp3) is 0.346. The lowest BCUT2D eigenvalue weighted by atomic mass is 9.93. The van der Waals surface area contributed by atoms with Crippen LogP contribution in [0.2, 0.25) is 0 Å². The van der Waals surface area contributed by atoms with Gasteiger partial charge in [-0.1, -0.05) is 33.8 Å². The van der Waals surface area contributed by atoms with Gasteiger partial charge < -0.3 is 10.2 Å². The zero-order valence-corrected chi connectivity index (χ0v) is 20.0. The first-order chi connectivity index (χ1) is 16.3. The Balaban J connectivity index is 1.56. The number of carbonyl (C=O) groups excluding carboxylic acids is 1. The predicted octanol–water partition coefficient (Wildman–Crippen LogP) is 5.03. The van der Waals surface area contributed by atoms with E-state index in [1.54, 1.807) is 18.6 Å². The van der Waals surface area contributed by atoms with Crippen LogP contribution in [0.1, 0.15) is 56.2 Å². The average Bonchev–Trinajstić information content (AvgIpc) is 3.44. The molecule has 0 spiro atoms. The molecule has 4 heterocycles. The highest BCUT2D eigenvalue weighted by atomic mass is 16.1. The molecule has 3 aromatic heterocycles. The molecule has 0 saturated carbocycles. The fourth-order valence-corrected chi connectivity index (χ4v) is 4.40. The normalized spacial score (nSPS) is 15.3. The van der Waals surface area contributed by atoms with Gasteiger partial charge in [0.2, 0.25) is 0 Å². The van der Waals surface area contributed by atoms with E-state index < -0.39 is 0 Å². The molecule has 1 aromatic carbocycles. The van der Waals surface area contributed by atoms with Gasteiger partial charge in [-0.3, -0.25) is 9.89 Å². The summed E-state index contributed by atoms with van der Waals surface area (Å²) in [6, 6.07) is 8.05. The fourth-order valence-electron chi connectivity index (χ4n) is 4.40. The van der Waals surface area contributed by atoms with E-state index in [2.05, 4.69) is 50.3 Å². The van der Waals surface area contributed by atoms with E-state index in [9.17, 15) is 4.79 Å². The number of aromatic amines is 1. The summed E-state index contributed by atoms with van der Waals surface area (Å²) >= 11 is 0. The standard InChI is InChI=1S/C26H29N7O/c1-16(2)23-28-12-19(13-29-23)25(34)31-22-20(17-5-6-21-18(11-17)14-30-32-21)7-9-27-24(22)33-10-8-26(3,4)15-33/h5-7,9,11-14,16H,8,10,15H2,1-4H3,(H,30,32)(H,31,34). The lowest BCUT2D eigenvalue weighted by Crippen LogP contribution is -2.26. The van der Waals surface area contributed by atoms with Gasteiger partial charge in [0.05, 0.1) is 23.0 Å². The number of hydrogen-bond donors (Lipinski definition) is 2. The van der Waals surface area contributed by atoms with Crippen molar-refractivity contribution in [2.45, 2.75) is 40.0 Å². The number of pyridine rings is 1. The molecule has 34 heavy (non-hydrogen) atoms. The summed E-state index contributed by atoms with van der Waals surface area (Å²) < 4.78 is 0. The van der Waals surface area contributed by atoms with Gasteiger partial charge in [-0.25, -0.2) is 15.0 Å². The molecule has 1 aliphatic heterocycles. The van der Waals surface area contributed by atoms with Gasteiger partial charge in [0.15, 0.2) is 5.82 Å². The van der Waals surface area contributed by atoms with Gasteiger partial charge in [-0.05, 0) is 35.6 Å². The Bertz CT molecular complexity index is 1340. The number of rotatable bonds is 5. The molecule has 5 rings (SSSR count). The molecule has 1 saturated heterocycles. The van der Waals surface area contributed by atoms with Crippen LogP contribution >= 0.6 is 0 Å². The third-order valence-electron chi connectivity index (χ3n) is 6.35. The Labute approximate surface area is 198 Å². The van der Waals surface area contributed by atoms with Gasteiger partial charge in [-0.2, -0.15) is 5.10 Å². The summed E-state index contributed by atoms with van der Waals surface area (Å²) in [6.45, 7) is 10.3. The second-order valence-corrected chi connectivity index (χ2v) is 10.0. The summed E-state index contributed by atoms with van der Waals surface area (Å²) in [5, 5.41) is 11.3. The Morgan fingerprint density at radius 2 is 1.91 bits per heavy atom. The number of hydrogen-bond acceptors (Lipinski definition) is 6. The number of carbonyl (C=O) groups is 1. The Morgan fingerprint density at radius 3 is 2.62 bits per heavy atom. The van der Waals surface area contributed by atoms with Crippen molar-refractivity contribution in [3.63, 3.8) is 0 Å². The zero-order valence-electron chi connectivity index (χ0n) is 20.0. The van der Waals surface area contributed by atoms with Gasteiger partial charge >= 0.3 is 0 Å². The molecule has 8 nitrogen and oxygen atoms in total. The van der Waals surface area contributed by atoms with Crippen molar-refractivity contribution < 1.29 is 4.79 Å². The first-order valence-corrected chi connectivity index (χ1v) is 11.6. The quantitative estimate of drug-likeness (QED) is 0.438. The van der Waals surface area contributed by atoms with E-state index in [1.807, 2.05) is 38.2 Å². The largest absolute Gasteiger partial charge is 0.354 e. The molecule has 174 valence electrons. The maximum absolute atomic E-state index is 13.3. The molecule has 0 aliphatic carbocycles. The number of benzene rings is 1. The van der Waals surface area contributed by atoms with Crippen LogP contribution in [0.25, 0.3) is 22.0 Å². The van der Waals surface area contributed by atoms with Crippen LogP contribution in [0.5, 0.6) is 0 Å². The van der Waals surface area contributed by atoms with Gasteiger partial charge in [0.25, 0.3) is 5.91 Å². The number of aromatic nitrogens is 5. The topological polar surface area (TPSA) is 99.7 Å². The molecule has 4 aromatic rings. The van der Waals surface area contributed by atoms with Crippen molar-refractivity contribution in [1.29, 1.82) is 0 Å². The molecular formula is C26H29N7O. The van der Waals surface area contributed by atoms with Gasteiger partial charge in [0, 0.05) is 48.5 Å². The highest BCUT2D eigenvalue weighted by molar-refractivity contribution is 6.08. The lowest BCUT2D eigenvalue weighted by Gasteiger charge is -2.24. The smallest absolute Gasteiger partial charge is 0.258 e. The van der Waals surface area contributed by atoms with Crippen molar-refractivity contribution in [3.8, 4) is 11.1 Å². The number of anilines is 2. The summed E-state index contributed by atoms with van der Waals surface area (Å²) in [6.07, 6.45) is 7.85. The SMILES string of the molecule is CC(C)c1ncc(C(=O)Nc2c(-c3ccc4[nH]ncc4c3)ccnc2N2CCC(C)(C)C2)cn1. The van der Waals surface area contributed by atoms with Crippen molar-refractivity contribution in [2.75, 3.05) is 23.3 Å². The molecule has 0 bridgehead atoms. The molecule has 1 aliphatic rings. The number of nitrogens with zero attached hydrogens (tertiary/aromatic N) is 5. The van der Waals surface area contributed by atoms with Crippen molar-refractivity contribution in [1.82, 2.24) is 25.1 Å². The van der Waals surface area contributed by atoms with Crippen LogP contribution in [-0.4, -0.2) is 44.1 Å². The average molecular weight is 456 g/mol. The van der Waals surface area contributed by atoms with Gasteiger partial charge in [-0.15, -0.1) is 0 Å². The number of amides is 1. The second kappa shape index (κ2) is 8.52. The Hall–Kier alpha value is -3.81. The van der Waals surface area contributed by atoms with Crippen molar-refractivity contribution >= 4 is 28.3 Å². The summed E-state index contributed by atoms with van der Waals surface area (Å²) in [5.41, 5.74) is 4.16. The minimum absolute atomic E-state index is 0.190. The lowest BCUT2D eigenvalue weighted by molar-refractivity contribution is 0.102. The van der Waals surface area contributed by atoms with Crippen LogP contribution in [-0.2, 0) is 0 Å². The van der Waals surface area contributed by atoms with Crippen LogP contribution < -0.4 is 10.2 Å². The number of nitrogens with one attached hydrogen (secondary N) is 2. The zero-order chi connectivity index (χ0) is 23.9. The minimum atomic E-state index is -0.256. The maximum atomic E-state index is 13.3. The third-order valence-corrected chi connectivity index (χ3v) is 6.35. The van der Waals surface area contributed by atoms with Gasteiger partial charge in [0.1, 0.15) is 5.82 Å². The predicted molar refractivity (Wildman–Crippen MR) is 134 cm³/mol. The third kappa shape index (κ3) is 4.23. The second-order valence-electron chi connectivity index (χ2n) is 10.0. The van der Waals surface area contributed by atoms with Crippen LogP contribution in [0.15, 0.2) is 49.1 Å². The first kappa shape index (κ1) is 22.0. The van der Waals surface area contributed by atoms with Crippen LogP contribution in [0.3, 0.4) is 0 Å². The molecule has 0 radical (unpaired) electrons. The molecule has 2 N–H and O–H groups in total. The van der Waals surface area contributed by atoms with Crippen LogP contribution in [0.4, 0.5) is 11.5 Å². The number of H-pyrrole nitrogens is 1. The van der Waals surface area contributed by atoms with E-state index in [0.29, 0.717) is 17.1 Å². The van der Waals surface area contributed by atoms with E-state index in [1.165, 1.54) is 0 Å². The maximum Gasteiger partial charge on any atom is 0.258 e. The summed E-state index contributed by atoms with van der Waals surface area (Å²) in [5.74, 6) is 1.44. The Kier molecular flexibility index (Phi) is 5.51. The molecular weight excluding hydrogens is 426 g/mol. The molecule has 1 fully saturated rings. The molecule has 1 amide bonds. The summed E-state index contributed by atoms with van der Waals surface area (Å²) in [7, 11) is 0. The first-order valence-electron chi connectivity index (χ1n) is 11.6. The van der Waals surface area contributed by atoms with Crippen molar-refractivity contribution in [2.24, 2.45) is 5.41 Å². The number of fused-ring (bicyclic) bond motifs is 1. The monoisotopic (exact) mass is 455 g/mol. The Morgan fingerprint density at radius 1 is 1.12 bits per heavy atom. The highest BCUT2D eigenvalue weighted by Crippen LogP contribution is 2.40. The van der Waals surface area contributed by atoms with Crippen LogP contribution in [0, 0.1) is 5.41 Å². The van der Waals surface area contributed by atoms with E-state index in [4.69, 9.17) is 4.98 Å². The molecule has 8 heteroatoms. The van der Waals surface area contributed by atoms with E-state index >= 15 is 0 Å². The van der Waals surface area contributed by atoms with E-state index in [-0.39, 0.29) is 17.2 Å².